The number of nitrogens with zero attached hydrogens (tertiary/aromatic N) is 1. The van der Waals surface area contributed by atoms with Gasteiger partial charge in [-0.1, -0.05) is 27.7 Å². The second kappa shape index (κ2) is 4.60. The number of hydrogen-bond acceptors (Lipinski definition) is 2. The molecule has 1 saturated carbocycles. The topological polar surface area (TPSA) is 32.3 Å². The van der Waals surface area contributed by atoms with Crippen molar-refractivity contribution in [2.45, 2.75) is 59.0 Å². The van der Waals surface area contributed by atoms with Crippen molar-refractivity contribution in [2.24, 2.45) is 11.3 Å². The molecule has 1 aliphatic carbocycles. The molecule has 1 saturated heterocycles. The molecule has 1 heterocycles. The molecule has 1 aliphatic heterocycles. The second-order valence-electron chi connectivity index (χ2n) is 6.31. The molecule has 1 N–H and O–H groups in total. The van der Waals surface area contributed by atoms with Crippen molar-refractivity contribution in [3.8, 4) is 0 Å². The number of piperazine rings is 1. The molecule has 3 heteroatoms. The number of hydrogen-bond donors (Lipinski definition) is 1. The lowest BCUT2D eigenvalue weighted by Crippen LogP contribution is -2.58. The summed E-state index contributed by atoms with van der Waals surface area (Å²) < 4.78 is 0. The average molecular weight is 238 g/mol. The van der Waals surface area contributed by atoms with E-state index in [1.165, 1.54) is 0 Å². The zero-order chi connectivity index (χ0) is 12.6. The summed E-state index contributed by atoms with van der Waals surface area (Å²) in [6.07, 6.45) is 3.24. The summed E-state index contributed by atoms with van der Waals surface area (Å²) >= 11 is 0. The Morgan fingerprint density at radius 1 is 1.35 bits per heavy atom. The Bertz CT molecular complexity index is 301. The van der Waals surface area contributed by atoms with Crippen LogP contribution in [0.5, 0.6) is 0 Å². The normalized spacial score (nSPS) is 35.8. The fourth-order valence-corrected chi connectivity index (χ4v) is 2.86. The van der Waals surface area contributed by atoms with Gasteiger partial charge in [0.25, 0.3) is 0 Å². The van der Waals surface area contributed by atoms with Crippen LogP contribution in [0.15, 0.2) is 0 Å². The van der Waals surface area contributed by atoms with Crippen molar-refractivity contribution in [2.75, 3.05) is 13.1 Å². The van der Waals surface area contributed by atoms with Gasteiger partial charge in [0, 0.05) is 31.1 Å². The third-order valence-corrected chi connectivity index (χ3v) is 4.56. The van der Waals surface area contributed by atoms with E-state index in [0.717, 1.165) is 32.4 Å². The van der Waals surface area contributed by atoms with Gasteiger partial charge in [0.2, 0.25) is 5.91 Å². The minimum absolute atomic E-state index is 0.252. The maximum absolute atomic E-state index is 12.5. The van der Waals surface area contributed by atoms with Crippen molar-refractivity contribution in [1.29, 1.82) is 0 Å². The largest absolute Gasteiger partial charge is 0.337 e. The Balaban J connectivity index is 2.02. The van der Waals surface area contributed by atoms with Crippen LogP contribution in [0.3, 0.4) is 0 Å². The molecule has 3 nitrogen and oxygen atoms in total. The molecule has 0 aromatic heterocycles. The molecule has 0 spiro atoms. The number of carbonyl (C=O) groups excluding carboxylic acids is 1. The zero-order valence-electron chi connectivity index (χ0n) is 11.6. The van der Waals surface area contributed by atoms with Crippen molar-refractivity contribution < 1.29 is 4.79 Å². The molecule has 17 heavy (non-hydrogen) atoms. The van der Waals surface area contributed by atoms with Gasteiger partial charge in [-0.25, -0.2) is 0 Å². The first-order valence-corrected chi connectivity index (χ1v) is 7.03. The van der Waals surface area contributed by atoms with Gasteiger partial charge in [-0.15, -0.1) is 0 Å². The van der Waals surface area contributed by atoms with Gasteiger partial charge in [0.1, 0.15) is 0 Å². The van der Waals surface area contributed by atoms with Crippen LogP contribution in [0, 0.1) is 11.3 Å². The van der Waals surface area contributed by atoms with Crippen LogP contribution in [0.2, 0.25) is 0 Å². The summed E-state index contributed by atoms with van der Waals surface area (Å²) in [5.41, 5.74) is 0.252. The molecular formula is C14H26N2O. The smallest absolute Gasteiger partial charge is 0.226 e. The molecule has 0 aromatic rings. The van der Waals surface area contributed by atoms with Crippen LogP contribution in [0.25, 0.3) is 0 Å². The van der Waals surface area contributed by atoms with E-state index in [9.17, 15) is 4.79 Å². The van der Waals surface area contributed by atoms with E-state index in [1.54, 1.807) is 0 Å². The number of carbonyl (C=O) groups is 1. The Morgan fingerprint density at radius 3 is 2.47 bits per heavy atom. The molecule has 0 radical (unpaired) electrons. The van der Waals surface area contributed by atoms with Crippen LogP contribution >= 0.6 is 0 Å². The third-order valence-electron chi connectivity index (χ3n) is 4.56. The molecule has 0 bridgehead atoms. The molecule has 1 amide bonds. The van der Waals surface area contributed by atoms with Crippen molar-refractivity contribution >= 4 is 5.91 Å². The standard InChI is InChI=1S/C14H26N2O/c1-5-10-9-16(11(6-2)8-15-10)13(17)12-7-14(12,3)4/h10-12,15H,5-9H2,1-4H3. The maximum Gasteiger partial charge on any atom is 0.226 e. The second-order valence-corrected chi connectivity index (χ2v) is 6.31. The van der Waals surface area contributed by atoms with Crippen molar-refractivity contribution in [3.63, 3.8) is 0 Å². The van der Waals surface area contributed by atoms with Gasteiger partial charge in [-0.05, 0) is 24.7 Å². The monoisotopic (exact) mass is 238 g/mol. The summed E-state index contributed by atoms with van der Waals surface area (Å²) in [7, 11) is 0. The SMILES string of the molecule is CCC1CN(C(=O)C2CC2(C)C)C(CC)CN1. The molecule has 2 fully saturated rings. The first-order valence-electron chi connectivity index (χ1n) is 7.03. The first kappa shape index (κ1) is 12.9. The number of amides is 1. The van der Waals surface area contributed by atoms with Crippen molar-refractivity contribution in [3.05, 3.63) is 0 Å². The lowest BCUT2D eigenvalue weighted by molar-refractivity contribution is -0.137. The summed E-state index contributed by atoms with van der Waals surface area (Å²) in [5, 5.41) is 3.54. The van der Waals surface area contributed by atoms with Crippen molar-refractivity contribution in [1.82, 2.24) is 10.2 Å². The average Bonchev–Trinajstić information content (AvgIpc) is 2.96. The summed E-state index contributed by atoms with van der Waals surface area (Å²) in [4.78, 5) is 14.7. The Morgan fingerprint density at radius 2 is 2.00 bits per heavy atom. The van der Waals surface area contributed by atoms with E-state index < -0.39 is 0 Å². The molecule has 2 rings (SSSR count). The van der Waals surface area contributed by atoms with E-state index in [0.29, 0.717) is 18.0 Å². The minimum atomic E-state index is 0.252. The van der Waals surface area contributed by atoms with E-state index in [4.69, 9.17) is 0 Å². The lowest BCUT2D eigenvalue weighted by atomic mass is 10.0. The van der Waals surface area contributed by atoms with E-state index in [2.05, 4.69) is 37.9 Å². The van der Waals surface area contributed by atoms with E-state index in [-0.39, 0.29) is 11.3 Å². The van der Waals surface area contributed by atoms with Gasteiger partial charge >= 0.3 is 0 Å². The predicted molar refractivity (Wildman–Crippen MR) is 69.8 cm³/mol. The number of nitrogens with one attached hydrogen (secondary N) is 1. The summed E-state index contributed by atoms with van der Waals surface area (Å²) in [5.74, 6) is 0.689. The van der Waals surface area contributed by atoms with Gasteiger partial charge < -0.3 is 10.2 Å². The van der Waals surface area contributed by atoms with Crippen LogP contribution in [0.1, 0.15) is 47.0 Å². The fraction of sp³-hybridized carbons (Fsp3) is 0.929. The highest BCUT2D eigenvalue weighted by atomic mass is 16.2. The fourth-order valence-electron chi connectivity index (χ4n) is 2.86. The van der Waals surface area contributed by atoms with Gasteiger partial charge in [-0.2, -0.15) is 0 Å². The highest BCUT2D eigenvalue weighted by Gasteiger charge is 2.52. The first-order chi connectivity index (χ1) is 7.99. The molecular weight excluding hydrogens is 212 g/mol. The van der Waals surface area contributed by atoms with Crippen LogP contribution in [0.4, 0.5) is 0 Å². The lowest BCUT2D eigenvalue weighted by Gasteiger charge is -2.40. The third kappa shape index (κ3) is 2.49. The van der Waals surface area contributed by atoms with Crippen LogP contribution in [-0.4, -0.2) is 36.0 Å². The molecule has 2 aliphatic rings. The Kier molecular flexibility index (Phi) is 3.48. The zero-order valence-corrected chi connectivity index (χ0v) is 11.6. The molecule has 3 unspecified atom stereocenters. The van der Waals surface area contributed by atoms with Crippen LogP contribution < -0.4 is 5.32 Å². The minimum Gasteiger partial charge on any atom is -0.337 e. The molecule has 0 aromatic carbocycles. The van der Waals surface area contributed by atoms with Gasteiger partial charge in [-0.3, -0.25) is 4.79 Å². The molecule has 98 valence electrons. The van der Waals surface area contributed by atoms with Crippen LogP contribution in [-0.2, 0) is 4.79 Å². The highest BCUT2D eigenvalue weighted by molar-refractivity contribution is 5.83. The predicted octanol–water partition coefficient (Wildman–Crippen LogP) is 2.02. The summed E-state index contributed by atoms with van der Waals surface area (Å²) in [6.45, 7) is 10.6. The quantitative estimate of drug-likeness (QED) is 0.816. The highest BCUT2D eigenvalue weighted by Crippen LogP contribution is 2.52. The maximum atomic E-state index is 12.5. The number of rotatable bonds is 3. The van der Waals surface area contributed by atoms with Gasteiger partial charge in [0.15, 0.2) is 0 Å². The van der Waals surface area contributed by atoms with E-state index >= 15 is 0 Å². The van der Waals surface area contributed by atoms with Gasteiger partial charge in [0.05, 0.1) is 0 Å². The van der Waals surface area contributed by atoms with E-state index in [1.807, 2.05) is 0 Å². The molecule has 3 atom stereocenters. The summed E-state index contributed by atoms with van der Waals surface area (Å²) in [6, 6.07) is 0.894. The Hall–Kier alpha value is -0.570. The Labute approximate surface area is 105 Å².